The molecule has 0 fully saturated rings. The molecule has 0 atom stereocenters. The van der Waals surface area contributed by atoms with Gasteiger partial charge in [-0.15, -0.1) is 0 Å². The first-order valence-corrected chi connectivity index (χ1v) is 20.6. The Labute approximate surface area is 344 Å². The molecular weight excluding hydrogens is 709 g/mol. The van der Waals surface area contributed by atoms with Crippen molar-refractivity contribution in [3.8, 4) is 44.5 Å². The molecule has 1 aliphatic rings. The molecule has 0 aliphatic heterocycles. The van der Waals surface area contributed by atoms with E-state index in [2.05, 4.69) is 231 Å². The fourth-order valence-electron chi connectivity index (χ4n) is 10.4. The maximum atomic E-state index is 2.40. The largest absolute Gasteiger partial charge is 0.0713 e. The van der Waals surface area contributed by atoms with Gasteiger partial charge in [-0.3, -0.25) is 0 Å². The Bertz CT molecular complexity index is 3310. The predicted octanol–water partition coefficient (Wildman–Crippen LogP) is 15.7. The van der Waals surface area contributed by atoms with Crippen LogP contribution in [-0.4, -0.2) is 0 Å². The third-order valence-corrected chi connectivity index (χ3v) is 12.9. The monoisotopic (exact) mass is 746 g/mol. The molecule has 11 aromatic rings. The third kappa shape index (κ3) is 5.03. The smallest absolute Gasteiger partial charge is 0.0619 e. The van der Waals surface area contributed by atoms with E-state index in [1.165, 1.54) is 110 Å². The lowest BCUT2D eigenvalue weighted by atomic mass is 9.67. The number of hydrogen-bond donors (Lipinski definition) is 0. The quantitative estimate of drug-likeness (QED) is 0.154. The number of fused-ring (bicyclic) bond motifs is 7. The second-order valence-electron chi connectivity index (χ2n) is 15.9. The topological polar surface area (TPSA) is 0 Å². The Kier molecular flexibility index (Phi) is 7.55. The van der Waals surface area contributed by atoms with Gasteiger partial charge in [0.05, 0.1) is 5.41 Å². The van der Waals surface area contributed by atoms with Crippen LogP contribution in [-0.2, 0) is 5.41 Å². The van der Waals surface area contributed by atoms with Gasteiger partial charge in [0.2, 0.25) is 0 Å². The average Bonchev–Trinajstić information content (AvgIpc) is 3.61. The Hall–Kier alpha value is -7.54. The van der Waals surface area contributed by atoms with Crippen LogP contribution in [0, 0.1) is 0 Å². The number of benzene rings is 11. The van der Waals surface area contributed by atoms with E-state index in [1.54, 1.807) is 0 Å². The average molecular weight is 747 g/mol. The first-order valence-electron chi connectivity index (χ1n) is 20.6. The van der Waals surface area contributed by atoms with E-state index in [9.17, 15) is 0 Å². The van der Waals surface area contributed by atoms with E-state index in [4.69, 9.17) is 0 Å². The number of rotatable bonds is 5. The standard InChI is InChI=1S/C59H38/c1-2-16-43-38-44(29-28-39(43)14-1)58-53-23-7-5-21-51(53)57(52-22-6-8-24-54(52)58)42-32-36-46(37-33-42)59(55-26-11-9-19-49(55)50-20-10-12-27-56(50)59)45-34-30-41(31-35-45)48-25-13-17-40-15-3-4-18-47(40)48/h1-38H. The van der Waals surface area contributed by atoms with Gasteiger partial charge in [0.1, 0.15) is 0 Å². The maximum absolute atomic E-state index is 2.40. The minimum Gasteiger partial charge on any atom is -0.0619 e. The van der Waals surface area contributed by atoms with Crippen LogP contribution in [0.15, 0.2) is 231 Å². The van der Waals surface area contributed by atoms with Crippen molar-refractivity contribution < 1.29 is 0 Å². The van der Waals surface area contributed by atoms with E-state index >= 15 is 0 Å². The summed E-state index contributed by atoms with van der Waals surface area (Å²) in [6, 6.07) is 85.7. The molecule has 0 unspecified atom stereocenters. The number of hydrogen-bond acceptors (Lipinski definition) is 0. The summed E-state index contributed by atoms with van der Waals surface area (Å²) < 4.78 is 0. The van der Waals surface area contributed by atoms with Gasteiger partial charge < -0.3 is 0 Å². The van der Waals surface area contributed by atoms with Gasteiger partial charge in [0.15, 0.2) is 0 Å². The summed E-state index contributed by atoms with van der Waals surface area (Å²) in [5.74, 6) is 0. The van der Waals surface area contributed by atoms with Gasteiger partial charge in [-0.2, -0.15) is 0 Å². The lowest BCUT2D eigenvalue weighted by Gasteiger charge is -2.34. The molecule has 12 rings (SSSR count). The third-order valence-electron chi connectivity index (χ3n) is 12.9. The predicted molar refractivity (Wildman–Crippen MR) is 250 cm³/mol. The minimum atomic E-state index is -0.493. The SMILES string of the molecule is c1ccc2c(c1)-c1ccccc1C2(c1ccc(-c2cccc3ccccc23)cc1)c1ccc(-c2c3ccccc3c(-c3ccc4ccccc4c3)c3ccccc23)cc1. The lowest BCUT2D eigenvalue weighted by Crippen LogP contribution is -2.28. The molecule has 59 heavy (non-hydrogen) atoms. The minimum absolute atomic E-state index is 0.493. The highest BCUT2D eigenvalue weighted by molar-refractivity contribution is 6.21. The highest BCUT2D eigenvalue weighted by Crippen LogP contribution is 2.56. The fraction of sp³-hybridized carbons (Fsp3) is 0.0169. The molecule has 0 saturated carbocycles. The second kappa shape index (κ2) is 13.3. The van der Waals surface area contributed by atoms with Crippen LogP contribution in [0.5, 0.6) is 0 Å². The molecule has 0 aromatic heterocycles. The van der Waals surface area contributed by atoms with Crippen LogP contribution in [0.2, 0.25) is 0 Å². The second-order valence-corrected chi connectivity index (χ2v) is 15.9. The van der Waals surface area contributed by atoms with Crippen molar-refractivity contribution in [3.05, 3.63) is 253 Å². The molecule has 274 valence electrons. The van der Waals surface area contributed by atoms with Crippen molar-refractivity contribution in [2.45, 2.75) is 5.41 Å². The van der Waals surface area contributed by atoms with Crippen molar-refractivity contribution in [2.75, 3.05) is 0 Å². The molecule has 0 N–H and O–H groups in total. The summed E-state index contributed by atoms with van der Waals surface area (Å²) in [5.41, 5.74) is 14.8. The zero-order valence-electron chi connectivity index (χ0n) is 32.4. The zero-order chi connectivity index (χ0) is 38.9. The summed E-state index contributed by atoms with van der Waals surface area (Å²) >= 11 is 0. The summed E-state index contributed by atoms with van der Waals surface area (Å²) in [7, 11) is 0. The van der Waals surface area contributed by atoms with Crippen LogP contribution in [0.3, 0.4) is 0 Å². The molecule has 0 radical (unpaired) electrons. The van der Waals surface area contributed by atoms with E-state index in [-0.39, 0.29) is 0 Å². The van der Waals surface area contributed by atoms with Crippen molar-refractivity contribution in [1.82, 2.24) is 0 Å². The summed E-state index contributed by atoms with van der Waals surface area (Å²) in [6.07, 6.45) is 0. The van der Waals surface area contributed by atoms with E-state index in [0.717, 1.165) is 0 Å². The van der Waals surface area contributed by atoms with E-state index in [1.807, 2.05) is 0 Å². The van der Waals surface area contributed by atoms with Crippen molar-refractivity contribution in [2.24, 2.45) is 0 Å². The van der Waals surface area contributed by atoms with Crippen LogP contribution < -0.4 is 0 Å². The molecule has 0 heteroatoms. The molecule has 1 aliphatic carbocycles. The highest BCUT2D eigenvalue weighted by Gasteiger charge is 2.45. The Morgan fingerprint density at radius 2 is 0.644 bits per heavy atom. The van der Waals surface area contributed by atoms with Gasteiger partial charge >= 0.3 is 0 Å². The zero-order valence-corrected chi connectivity index (χ0v) is 32.4. The molecule has 0 spiro atoms. The maximum Gasteiger partial charge on any atom is 0.0713 e. The fourth-order valence-corrected chi connectivity index (χ4v) is 10.4. The molecule has 0 bridgehead atoms. The normalized spacial score (nSPS) is 12.9. The molecule has 11 aromatic carbocycles. The highest BCUT2D eigenvalue weighted by atomic mass is 14.5. The van der Waals surface area contributed by atoms with Gasteiger partial charge in [0.25, 0.3) is 0 Å². The van der Waals surface area contributed by atoms with Gasteiger partial charge in [-0.1, -0.05) is 224 Å². The van der Waals surface area contributed by atoms with Crippen molar-refractivity contribution in [3.63, 3.8) is 0 Å². The van der Waals surface area contributed by atoms with Crippen LogP contribution >= 0.6 is 0 Å². The van der Waals surface area contributed by atoms with E-state index < -0.39 is 5.41 Å². The Morgan fingerprint density at radius 3 is 1.24 bits per heavy atom. The first kappa shape index (κ1) is 33.6. The van der Waals surface area contributed by atoms with Crippen molar-refractivity contribution >= 4 is 43.1 Å². The molecule has 0 heterocycles. The molecular formula is C59H38. The summed E-state index contributed by atoms with van der Waals surface area (Å²) in [4.78, 5) is 0. The van der Waals surface area contributed by atoms with Crippen LogP contribution in [0.4, 0.5) is 0 Å². The van der Waals surface area contributed by atoms with Gasteiger partial charge in [-0.05, 0) is 116 Å². The van der Waals surface area contributed by atoms with Gasteiger partial charge in [0, 0.05) is 0 Å². The van der Waals surface area contributed by atoms with Gasteiger partial charge in [-0.25, -0.2) is 0 Å². The summed E-state index contributed by atoms with van der Waals surface area (Å²) in [6.45, 7) is 0. The van der Waals surface area contributed by atoms with Crippen LogP contribution in [0.1, 0.15) is 22.3 Å². The molecule has 0 saturated heterocycles. The molecule has 0 nitrogen and oxygen atoms in total. The lowest BCUT2D eigenvalue weighted by molar-refractivity contribution is 0.769. The first-order chi connectivity index (χ1) is 29.3. The molecule has 0 amide bonds. The van der Waals surface area contributed by atoms with Crippen LogP contribution in [0.25, 0.3) is 87.6 Å². The van der Waals surface area contributed by atoms with Crippen molar-refractivity contribution in [1.29, 1.82) is 0 Å². The van der Waals surface area contributed by atoms with E-state index in [0.29, 0.717) is 0 Å². The Balaban J connectivity index is 1.06. The summed E-state index contributed by atoms with van der Waals surface area (Å²) in [5, 5.41) is 10.1. The Morgan fingerprint density at radius 1 is 0.237 bits per heavy atom.